The normalized spacial score (nSPS) is 12.2. The number of H-pyrrole nitrogens is 1. The zero-order valence-corrected chi connectivity index (χ0v) is 17.5. The average Bonchev–Trinajstić information content (AvgIpc) is 3.06. The maximum Gasteiger partial charge on any atom is 0.243 e. The van der Waals surface area contributed by atoms with Crippen molar-refractivity contribution >= 4 is 27.2 Å². The van der Waals surface area contributed by atoms with Gasteiger partial charge < -0.3 is 4.98 Å². The summed E-state index contributed by atoms with van der Waals surface area (Å²) in [6.45, 7) is 8.69. The summed E-state index contributed by atoms with van der Waals surface area (Å²) in [5.41, 5.74) is 4.04. The molecule has 0 fully saturated rings. The van der Waals surface area contributed by atoms with Crippen LogP contribution in [0.25, 0.3) is 22.2 Å². The third-order valence-electron chi connectivity index (χ3n) is 5.14. The van der Waals surface area contributed by atoms with Gasteiger partial charge in [-0.15, -0.1) is 0 Å². The monoisotopic (exact) mass is 398 g/mol. The molecule has 0 aliphatic carbocycles. The summed E-state index contributed by atoms with van der Waals surface area (Å²) in [5, 5.41) is 0.617. The van der Waals surface area contributed by atoms with Crippen LogP contribution in [0, 0.1) is 0 Å². The summed E-state index contributed by atoms with van der Waals surface area (Å²) >= 11 is 0. The van der Waals surface area contributed by atoms with Crippen molar-refractivity contribution in [2.24, 2.45) is 0 Å². The van der Waals surface area contributed by atoms with Gasteiger partial charge in [-0.05, 0) is 35.2 Å². The molecule has 1 heterocycles. The lowest BCUT2D eigenvalue weighted by Crippen LogP contribution is -2.30. The van der Waals surface area contributed by atoms with Crippen LogP contribution in [0.3, 0.4) is 0 Å². The second-order valence-electron chi connectivity index (χ2n) is 7.10. The van der Waals surface area contributed by atoms with Gasteiger partial charge in [-0.2, -0.15) is 4.31 Å². The van der Waals surface area contributed by atoms with Crippen molar-refractivity contribution < 1.29 is 13.2 Å². The van der Waals surface area contributed by atoms with E-state index in [1.54, 1.807) is 18.2 Å². The first kappa shape index (κ1) is 20.3. The highest BCUT2D eigenvalue weighted by Gasteiger charge is 2.23. The molecule has 28 heavy (non-hydrogen) atoms. The van der Waals surface area contributed by atoms with Gasteiger partial charge in [-0.1, -0.05) is 52.0 Å². The van der Waals surface area contributed by atoms with Crippen LogP contribution in [0.5, 0.6) is 0 Å². The largest absolute Gasteiger partial charge is 0.354 e. The first-order valence-electron chi connectivity index (χ1n) is 9.54. The Morgan fingerprint density at radius 1 is 1.04 bits per heavy atom. The Labute approximate surface area is 166 Å². The van der Waals surface area contributed by atoms with E-state index in [1.807, 2.05) is 26.0 Å². The summed E-state index contributed by atoms with van der Waals surface area (Å²) in [6, 6.07) is 13.0. The van der Waals surface area contributed by atoms with Crippen LogP contribution < -0.4 is 0 Å². The summed E-state index contributed by atoms with van der Waals surface area (Å²) in [5.74, 6) is 0.426. The van der Waals surface area contributed by atoms with Crippen molar-refractivity contribution in [2.45, 2.75) is 38.5 Å². The predicted octanol–water partition coefficient (Wildman–Crippen LogP) is 4.80. The molecule has 0 amide bonds. The number of fused-ring (bicyclic) bond motifs is 1. The van der Waals surface area contributed by atoms with E-state index in [-0.39, 0.29) is 4.90 Å². The van der Waals surface area contributed by atoms with Crippen LogP contribution in [0.2, 0.25) is 0 Å². The molecule has 6 heteroatoms. The molecule has 1 aromatic heterocycles. The van der Waals surface area contributed by atoms with Gasteiger partial charge in [0.15, 0.2) is 6.29 Å². The summed E-state index contributed by atoms with van der Waals surface area (Å²) in [7, 11) is -3.58. The topological polar surface area (TPSA) is 70.2 Å². The molecule has 0 aliphatic heterocycles. The number of hydrogen-bond acceptors (Lipinski definition) is 3. The Balaban J connectivity index is 2.14. The average molecular weight is 399 g/mol. The molecular weight excluding hydrogens is 372 g/mol. The second kappa shape index (κ2) is 7.89. The Hall–Kier alpha value is -2.44. The first-order chi connectivity index (χ1) is 13.3. The van der Waals surface area contributed by atoms with Crippen LogP contribution in [-0.2, 0) is 10.0 Å². The summed E-state index contributed by atoms with van der Waals surface area (Å²) < 4.78 is 27.1. The van der Waals surface area contributed by atoms with Crippen molar-refractivity contribution in [3.05, 3.63) is 53.6 Å². The second-order valence-corrected chi connectivity index (χ2v) is 9.04. The number of hydrogen-bond donors (Lipinski definition) is 1. The number of carbonyl (C=O) groups is 1. The molecule has 0 saturated carbocycles. The summed E-state index contributed by atoms with van der Waals surface area (Å²) in [4.78, 5) is 15.4. The highest BCUT2D eigenvalue weighted by atomic mass is 32.2. The van der Waals surface area contributed by atoms with Crippen LogP contribution in [0.1, 0.15) is 49.5 Å². The quantitative estimate of drug-likeness (QED) is 0.581. The number of aromatic nitrogens is 1. The molecule has 3 rings (SSSR count). The van der Waals surface area contributed by atoms with Gasteiger partial charge in [-0.3, -0.25) is 4.79 Å². The smallest absolute Gasteiger partial charge is 0.243 e. The van der Waals surface area contributed by atoms with Gasteiger partial charge in [-0.25, -0.2) is 8.42 Å². The molecule has 0 aliphatic rings. The Morgan fingerprint density at radius 3 is 2.21 bits per heavy atom. The first-order valence-corrected chi connectivity index (χ1v) is 11.0. The number of aldehydes is 1. The molecule has 0 bridgehead atoms. The van der Waals surface area contributed by atoms with E-state index in [9.17, 15) is 13.2 Å². The number of aromatic amines is 1. The van der Waals surface area contributed by atoms with Gasteiger partial charge in [0.2, 0.25) is 10.0 Å². The van der Waals surface area contributed by atoms with Crippen LogP contribution >= 0.6 is 0 Å². The molecule has 0 radical (unpaired) electrons. The van der Waals surface area contributed by atoms with E-state index in [1.165, 1.54) is 9.87 Å². The highest BCUT2D eigenvalue weighted by Crippen LogP contribution is 2.32. The Bertz CT molecular complexity index is 1090. The molecule has 148 valence electrons. The van der Waals surface area contributed by atoms with Gasteiger partial charge in [0.1, 0.15) is 0 Å². The van der Waals surface area contributed by atoms with E-state index in [4.69, 9.17) is 0 Å². The van der Waals surface area contributed by atoms with Crippen molar-refractivity contribution in [3.63, 3.8) is 0 Å². The van der Waals surface area contributed by atoms with Crippen molar-refractivity contribution in [3.8, 4) is 11.3 Å². The maximum absolute atomic E-state index is 12.8. The van der Waals surface area contributed by atoms with E-state index in [0.717, 1.165) is 17.4 Å². The third-order valence-corrected chi connectivity index (χ3v) is 7.18. The fourth-order valence-corrected chi connectivity index (χ4v) is 4.93. The molecule has 0 saturated heterocycles. The lowest BCUT2D eigenvalue weighted by Gasteiger charge is -2.18. The number of sulfonamides is 1. The van der Waals surface area contributed by atoms with E-state index >= 15 is 0 Å². The minimum Gasteiger partial charge on any atom is -0.354 e. The molecule has 0 spiro atoms. The van der Waals surface area contributed by atoms with Gasteiger partial charge in [0.25, 0.3) is 0 Å². The standard InChI is InChI=1S/C22H26N2O3S/c1-5-24(6-2)28(26,27)18-11-12-21-19(13-18)20(14-25)22(23-21)17-9-7-16(8-10-17)15(3)4/h7-15,23H,5-6H2,1-4H3. The third kappa shape index (κ3) is 3.50. The molecular formula is C22H26N2O3S. The minimum atomic E-state index is -3.58. The SMILES string of the molecule is CCN(CC)S(=O)(=O)c1ccc2[nH]c(-c3ccc(C(C)C)cc3)c(C=O)c2c1. The Kier molecular flexibility index (Phi) is 5.72. The molecule has 1 N–H and O–H groups in total. The van der Waals surface area contributed by atoms with Crippen molar-refractivity contribution in [2.75, 3.05) is 13.1 Å². The molecule has 0 unspecified atom stereocenters. The van der Waals surface area contributed by atoms with E-state index < -0.39 is 10.0 Å². The van der Waals surface area contributed by atoms with Crippen LogP contribution in [0.4, 0.5) is 0 Å². The number of rotatable bonds is 7. The number of carbonyl (C=O) groups excluding carboxylic acids is 1. The highest BCUT2D eigenvalue weighted by molar-refractivity contribution is 7.89. The van der Waals surface area contributed by atoms with E-state index in [2.05, 4.69) is 31.0 Å². The summed E-state index contributed by atoms with van der Waals surface area (Å²) in [6.07, 6.45) is 0.790. The zero-order valence-electron chi connectivity index (χ0n) is 16.7. The fourth-order valence-electron chi connectivity index (χ4n) is 3.45. The maximum atomic E-state index is 12.8. The lowest BCUT2D eigenvalue weighted by atomic mass is 9.99. The van der Waals surface area contributed by atoms with Gasteiger partial charge in [0.05, 0.1) is 10.6 Å². The minimum absolute atomic E-state index is 0.201. The van der Waals surface area contributed by atoms with Crippen molar-refractivity contribution in [1.82, 2.24) is 9.29 Å². The van der Waals surface area contributed by atoms with E-state index in [0.29, 0.717) is 35.7 Å². The molecule has 2 aromatic carbocycles. The predicted molar refractivity (Wildman–Crippen MR) is 113 cm³/mol. The Morgan fingerprint density at radius 2 is 1.68 bits per heavy atom. The van der Waals surface area contributed by atoms with Gasteiger partial charge >= 0.3 is 0 Å². The lowest BCUT2D eigenvalue weighted by molar-refractivity contribution is 0.112. The number of nitrogens with one attached hydrogen (secondary N) is 1. The molecule has 5 nitrogen and oxygen atoms in total. The zero-order chi connectivity index (χ0) is 20.5. The van der Waals surface area contributed by atoms with Crippen LogP contribution in [-0.4, -0.2) is 37.1 Å². The molecule has 3 aromatic rings. The number of nitrogens with zero attached hydrogens (tertiary/aromatic N) is 1. The van der Waals surface area contributed by atoms with Crippen molar-refractivity contribution in [1.29, 1.82) is 0 Å². The molecule has 0 atom stereocenters. The van der Waals surface area contributed by atoms with Gasteiger partial charge in [0, 0.05) is 29.6 Å². The number of benzene rings is 2. The fraction of sp³-hybridized carbons (Fsp3) is 0.318. The van der Waals surface area contributed by atoms with Crippen LogP contribution in [0.15, 0.2) is 47.4 Å².